The molecule has 0 bridgehead atoms. The van der Waals surface area contributed by atoms with Gasteiger partial charge in [-0.15, -0.1) is 0 Å². The first-order valence-corrected chi connectivity index (χ1v) is 9.54. The van der Waals surface area contributed by atoms with Gasteiger partial charge in [0.05, 0.1) is 11.8 Å². The molecule has 3 aromatic rings. The lowest BCUT2D eigenvalue weighted by atomic mass is 9.98. The van der Waals surface area contributed by atoms with Gasteiger partial charge >= 0.3 is 0 Å². The molecule has 2 heterocycles. The summed E-state index contributed by atoms with van der Waals surface area (Å²) in [6.45, 7) is 3.33. The Labute approximate surface area is 177 Å². The van der Waals surface area contributed by atoms with Crippen LogP contribution in [0.1, 0.15) is 28.5 Å². The van der Waals surface area contributed by atoms with Gasteiger partial charge in [-0.25, -0.2) is 4.39 Å². The third-order valence-corrected chi connectivity index (χ3v) is 5.35. The molecule has 1 unspecified atom stereocenters. The Morgan fingerprint density at radius 1 is 1.10 bits per heavy atom. The first-order chi connectivity index (χ1) is 14.3. The van der Waals surface area contributed by atoms with Crippen molar-refractivity contribution in [2.75, 3.05) is 4.90 Å². The number of amides is 1. The lowest BCUT2D eigenvalue weighted by Gasteiger charge is -2.25. The molecule has 7 heteroatoms. The molecule has 1 saturated heterocycles. The number of halogens is 2. The van der Waals surface area contributed by atoms with Crippen LogP contribution in [0.5, 0.6) is 0 Å². The van der Waals surface area contributed by atoms with E-state index in [2.05, 4.69) is 0 Å². The van der Waals surface area contributed by atoms with Gasteiger partial charge < -0.3 is 9.52 Å². The molecular formula is C23H17ClFNO4. The highest BCUT2D eigenvalue weighted by Gasteiger charge is 2.48. The zero-order valence-corrected chi connectivity index (χ0v) is 16.9. The number of nitrogens with zero attached hydrogens (tertiary/aromatic N) is 1. The Bertz CT molecular complexity index is 1200. The van der Waals surface area contributed by atoms with Gasteiger partial charge in [-0.3, -0.25) is 14.5 Å². The van der Waals surface area contributed by atoms with Crippen LogP contribution in [0.4, 0.5) is 10.1 Å². The lowest BCUT2D eigenvalue weighted by molar-refractivity contribution is -0.132. The van der Waals surface area contributed by atoms with E-state index in [1.165, 1.54) is 29.4 Å². The number of rotatable bonds is 3. The highest BCUT2D eigenvalue weighted by molar-refractivity contribution is 6.51. The summed E-state index contributed by atoms with van der Waals surface area (Å²) in [6.07, 6.45) is 1.42. The number of carbonyl (C=O) groups is 2. The smallest absolute Gasteiger partial charge is 0.300 e. The number of hydrogen-bond donors (Lipinski definition) is 1. The summed E-state index contributed by atoms with van der Waals surface area (Å²) < 4.78 is 19.2. The molecule has 1 atom stereocenters. The van der Waals surface area contributed by atoms with E-state index in [0.29, 0.717) is 22.0 Å². The standard InChI is InChI=1S/C23H17ClFNO4/c1-12-5-7-15(24)11-17(12)26-20(18-4-3-9-30-18)19(22(28)23(26)29)21(27)14-6-8-16(25)13(2)10-14/h3-11,20,27H,1-2H3/b21-19-. The van der Waals surface area contributed by atoms with Gasteiger partial charge in [-0.05, 0) is 67.4 Å². The third kappa shape index (κ3) is 3.19. The van der Waals surface area contributed by atoms with Gasteiger partial charge in [0, 0.05) is 16.3 Å². The van der Waals surface area contributed by atoms with Crippen LogP contribution < -0.4 is 4.90 Å². The van der Waals surface area contributed by atoms with Crippen LogP contribution >= 0.6 is 11.6 Å². The van der Waals surface area contributed by atoms with E-state index in [-0.39, 0.29) is 11.1 Å². The van der Waals surface area contributed by atoms with Crippen LogP contribution in [0, 0.1) is 19.7 Å². The SMILES string of the molecule is Cc1cc(/C(O)=C2/C(=O)C(=O)N(c3cc(Cl)ccc3C)C2c2ccco2)ccc1F. The predicted molar refractivity (Wildman–Crippen MR) is 111 cm³/mol. The van der Waals surface area contributed by atoms with Crippen molar-refractivity contribution < 1.29 is 23.5 Å². The number of Topliss-reactive ketones (excluding diaryl/α,β-unsaturated/α-hetero) is 1. The molecule has 0 saturated carbocycles. The van der Waals surface area contributed by atoms with E-state index >= 15 is 0 Å². The Hall–Kier alpha value is -3.38. The van der Waals surface area contributed by atoms with Crippen molar-refractivity contribution in [3.05, 3.63) is 93.7 Å². The second-order valence-electron chi connectivity index (χ2n) is 7.08. The molecule has 1 aliphatic heterocycles. The number of aliphatic hydroxyl groups is 1. The average Bonchev–Trinajstić information content (AvgIpc) is 3.33. The molecular weight excluding hydrogens is 409 g/mol. The van der Waals surface area contributed by atoms with Crippen LogP contribution in [-0.2, 0) is 9.59 Å². The summed E-state index contributed by atoms with van der Waals surface area (Å²) in [5.74, 6) is -2.23. The summed E-state index contributed by atoms with van der Waals surface area (Å²) in [5.41, 5.74) is 1.54. The fourth-order valence-corrected chi connectivity index (χ4v) is 3.75. The van der Waals surface area contributed by atoms with Crippen LogP contribution in [-0.4, -0.2) is 16.8 Å². The van der Waals surface area contributed by atoms with E-state index < -0.39 is 29.3 Å². The van der Waals surface area contributed by atoms with Gasteiger partial charge in [0.2, 0.25) is 0 Å². The number of carbonyl (C=O) groups excluding carboxylic acids is 2. The molecule has 1 amide bonds. The minimum atomic E-state index is -0.998. The zero-order chi connectivity index (χ0) is 21.6. The van der Waals surface area contributed by atoms with E-state index in [1.54, 1.807) is 44.2 Å². The number of aliphatic hydroxyl groups excluding tert-OH is 1. The fraction of sp³-hybridized carbons (Fsp3) is 0.130. The summed E-state index contributed by atoms with van der Waals surface area (Å²) in [6, 6.07) is 11.2. The number of anilines is 1. The third-order valence-electron chi connectivity index (χ3n) is 5.12. The van der Waals surface area contributed by atoms with Crippen LogP contribution in [0.25, 0.3) is 5.76 Å². The first kappa shape index (κ1) is 19.9. The van der Waals surface area contributed by atoms with Crippen molar-refractivity contribution in [3.63, 3.8) is 0 Å². The monoisotopic (exact) mass is 425 g/mol. The van der Waals surface area contributed by atoms with Gasteiger partial charge in [-0.2, -0.15) is 0 Å². The summed E-state index contributed by atoms with van der Waals surface area (Å²) in [5, 5.41) is 11.4. The number of benzene rings is 2. The second kappa shape index (κ2) is 7.46. The predicted octanol–water partition coefficient (Wildman–Crippen LogP) is 5.32. The Morgan fingerprint density at radius 2 is 1.87 bits per heavy atom. The Balaban J connectivity index is 1.96. The van der Waals surface area contributed by atoms with Gasteiger partial charge in [0.1, 0.15) is 23.4 Å². The molecule has 152 valence electrons. The summed E-state index contributed by atoms with van der Waals surface area (Å²) in [7, 11) is 0. The van der Waals surface area contributed by atoms with E-state index in [4.69, 9.17) is 16.0 Å². The number of hydrogen-bond acceptors (Lipinski definition) is 4. The van der Waals surface area contributed by atoms with Crippen LogP contribution in [0.15, 0.2) is 64.8 Å². The van der Waals surface area contributed by atoms with Crippen molar-refractivity contribution in [1.82, 2.24) is 0 Å². The minimum Gasteiger partial charge on any atom is -0.507 e. The van der Waals surface area contributed by atoms with Crippen molar-refractivity contribution >= 4 is 34.7 Å². The molecule has 1 fully saturated rings. The van der Waals surface area contributed by atoms with Crippen molar-refractivity contribution in [2.24, 2.45) is 0 Å². The Kier molecular flexibility index (Phi) is 4.95. The second-order valence-corrected chi connectivity index (χ2v) is 7.52. The molecule has 0 radical (unpaired) electrons. The highest BCUT2D eigenvalue weighted by Crippen LogP contribution is 2.43. The molecule has 5 nitrogen and oxygen atoms in total. The van der Waals surface area contributed by atoms with Crippen LogP contribution in [0.2, 0.25) is 5.02 Å². The lowest BCUT2D eigenvalue weighted by Crippen LogP contribution is -2.30. The van der Waals surface area contributed by atoms with E-state index in [9.17, 15) is 19.1 Å². The molecule has 0 aliphatic carbocycles. The maximum absolute atomic E-state index is 13.7. The minimum absolute atomic E-state index is 0.139. The van der Waals surface area contributed by atoms with Crippen molar-refractivity contribution in [1.29, 1.82) is 0 Å². The molecule has 1 aliphatic rings. The fourth-order valence-electron chi connectivity index (χ4n) is 3.59. The van der Waals surface area contributed by atoms with E-state index in [1.807, 2.05) is 0 Å². The topological polar surface area (TPSA) is 70.8 Å². The highest BCUT2D eigenvalue weighted by atomic mass is 35.5. The number of furan rings is 1. The molecule has 30 heavy (non-hydrogen) atoms. The normalized spacial score (nSPS) is 18.3. The maximum atomic E-state index is 13.7. The first-order valence-electron chi connectivity index (χ1n) is 9.16. The van der Waals surface area contributed by atoms with Crippen LogP contribution in [0.3, 0.4) is 0 Å². The summed E-state index contributed by atoms with van der Waals surface area (Å²) >= 11 is 6.14. The molecule has 2 aromatic carbocycles. The maximum Gasteiger partial charge on any atom is 0.300 e. The zero-order valence-electron chi connectivity index (χ0n) is 16.1. The molecule has 4 rings (SSSR count). The number of aryl methyl sites for hydroxylation is 2. The quantitative estimate of drug-likeness (QED) is 0.350. The van der Waals surface area contributed by atoms with Crippen molar-refractivity contribution in [3.8, 4) is 0 Å². The van der Waals surface area contributed by atoms with Gasteiger partial charge in [0.25, 0.3) is 11.7 Å². The van der Waals surface area contributed by atoms with Crippen molar-refractivity contribution in [2.45, 2.75) is 19.9 Å². The van der Waals surface area contributed by atoms with Gasteiger partial charge in [0.15, 0.2) is 0 Å². The Morgan fingerprint density at radius 3 is 2.53 bits per heavy atom. The molecule has 0 spiro atoms. The summed E-state index contributed by atoms with van der Waals surface area (Å²) in [4.78, 5) is 27.3. The molecule has 1 N–H and O–H groups in total. The molecule has 1 aromatic heterocycles. The number of ketones is 1. The van der Waals surface area contributed by atoms with Gasteiger partial charge in [-0.1, -0.05) is 17.7 Å². The van der Waals surface area contributed by atoms with E-state index in [0.717, 1.165) is 5.56 Å². The largest absolute Gasteiger partial charge is 0.507 e. The average molecular weight is 426 g/mol.